The van der Waals surface area contributed by atoms with Crippen molar-refractivity contribution in [3.05, 3.63) is 30.6 Å². The molecular formula is C5H4BF3KN. The Labute approximate surface area is 106 Å². The molecule has 0 spiro atoms. The Morgan fingerprint density at radius 1 is 1.27 bits per heavy atom. The van der Waals surface area contributed by atoms with Crippen molar-refractivity contribution in [1.29, 1.82) is 0 Å². The summed E-state index contributed by atoms with van der Waals surface area (Å²) >= 11 is 0. The van der Waals surface area contributed by atoms with Gasteiger partial charge in [0.25, 0.3) is 0 Å². The first-order valence-corrected chi connectivity index (χ1v) is 2.42. The number of halogens is 3. The minimum Gasteiger partial charge on any atom is -0.304 e. The molecule has 1 rings (SSSR count). The van der Waals surface area contributed by atoms with Crippen molar-refractivity contribution in [3.8, 4) is 0 Å². The molecule has 0 aliphatic carbocycles. The maximum atomic E-state index is 9.67. The Balaban J connectivity index is 0. The van der Waals surface area contributed by atoms with Gasteiger partial charge in [0.05, 0.1) is 0 Å². The van der Waals surface area contributed by atoms with E-state index >= 15 is 0 Å². The molecule has 0 fully saturated rings. The number of nitrogens with zero attached hydrogens (tertiary/aromatic N) is 1. The molecule has 0 radical (unpaired) electrons. The van der Waals surface area contributed by atoms with E-state index in [0.717, 1.165) is 0 Å². The normalized spacial score (nSPS) is 6.82. The zero-order chi connectivity index (χ0) is 7.82. The van der Waals surface area contributed by atoms with Crippen LogP contribution in [0.5, 0.6) is 0 Å². The van der Waals surface area contributed by atoms with Crippen LogP contribution in [0.15, 0.2) is 24.5 Å². The van der Waals surface area contributed by atoms with Gasteiger partial charge in [-0.25, -0.2) is 12.1 Å². The van der Waals surface area contributed by atoms with E-state index in [2.05, 4.69) is 11.1 Å². The second-order valence-corrected chi connectivity index (χ2v) is 1.20. The van der Waals surface area contributed by atoms with Crippen LogP contribution in [0.4, 0.5) is 12.9 Å². The van der Waals surface area contributed by atoms with Gasteiger partial charge in [0.2, 0.25) is 0 Å². The van der Waals surface area contributed by atoms with Crippen LogP contribution in [0.25, 0.3) is 0 Å². The van der Waals surface area contributed by atoms with Crippen molar-refractivity contribution in [2.45, 2.75) is 0 Å². The summed E-state index contributed by atoms with van der Waals surface area (Å²) in [5, 5.41) is 0. The van der Waals surface area contributed by atoms with Gasteiger partial charge in [-0.1, -0.05) is 12.4 Å². The van der Waals surface area contributed by atoms with E-state index in [1.807, 2.05) is 12.1 Å². The van der Waals surface area contributed by atoms with Gasteiger partial charge in [-0.2, -0.15) is 6.07 Å². The number of pyridine rings is 1. The monoisotopic (exact) mass is 185 g/mol. The maximum absolute atomic E-state index is 9.67. The van der Waals surface area contributed by atoms with Crippen LogP contribution in [0.3, 0.4) is 0 Å². The van der Waals surface area contributed by atoms with Crippen molar-refractivity contribution in [1.82, 2.24) is 4.98 Å². The topological polar surface area (TPSA) is 12.9 Å². The predicted molar refractivity (Wildman–Crippen MR) is 32.2 cm³/mol. The third kappa shape index (κ3) is 18.0. The third-order valence-corrected chi connectivity index (χ3v) is 0.514. The van der Waals surface area contributed by atoms with Gasteiger partial charge in [0, 0.05) is 0 Å². The summed E-state index contributed by atoms with van der Waals surface area (Å²) in [6.45, 7) is 0. The van der Waals surface area contributed by atoms with Gasteiger partial charge in [0.1, 0.15) is 0 Å². The summed E-state index contributed by atoms with van der Waals surface area (Å²) < 4.78 is 29.0. The second-order valence-electron chi connectivity index (χ2n) is 1.20. The largest absolute Gasteiger partial charge is 1.00 e. The van der Waals surface area contributed by atoms with E-state index < -0.39 is 7.54 Å². The first-order chi connectivity index (χ1) is 4.73. The van der Waals surface area contributed by atoms with E-state index in [0.29, 0.717) is 0 Å². The van der Waals surface area contributed by atoms with Gasteiger partial charge < -0.3 is 4.98 Å². The van der Waals surface area contributed by atoms with Gasteiger partial charge in [0.15, 0.2) is 0 Å². The number of hydrogen-bond acceptors (Lipinski definition) is 1. The number of aromatic nitrogens is 1. The van der Waals surface area contributed by atoms with E-state index in [-0.39, 0.29) is 51.4 Å². The molecule has 0 aliphatic heterocycles. The van der Waals surface area contributed by atoms with Gasteiger partial charge in [-0.3, -0.25) is 12.9 Å². The molecule has 1 heterocycles. The SMILES string of the molecule is FB(F)F.[K+].[c-]1cccnc1. The summed E-state index contributed by atoms with van der Waals surface area (Å²) in [6, 6.07) is 6.43. The molecule has 54 valence electrons. The maximum Gasteiger partial charge on any atom is 1.00 e. The zero-order valence-electron chi connectivity index (χ0n) is 5.97. The Bertz CT molecular complexity index is 122. The van der Waals surface area contributed by atoms with Crippen LogP contribution in [-0.4, -0.2) is 12.5 Å². The fraction of sp³-hybridized carbons (Fsp3) is 0. The van der Waals surface area contributed by atoms with Gasteiger partial charge in [-0.15, -0.1) is 0 Å². The number of rotatable bonds is 0. The van der Waals surface area contributed by atoms with Crippen LogP contribution in [0, 0.1) is 6.07 Å². The van der Waals surface area contributed by atoms with Crippen LogP contribution < -0.4 is 51.4 Å². The van der Waals surface area contributed by atoms with Crippen LogP contribution in [-0.2, 0) is 0 Å². The number of hydrogen-bond donors (Lipinski definition) is 0. The van der Waals surface area contributed by atoms with Crippen molar-refractivity contribution in [3.63, 3.8) is 0 Å². The van der Waals surface area contributed by atoms with E-state index in [4.69, 9.17) is 0 Å². The first-order valence-electron chi connectivity index (χ1n) is 2.42. The molecule has 0 aliphatic rings. The Hall–Kier alpha value is 0.641. The Morgan fingerprint density at radius 3 is 1.91 bits per heavy atom. The van der Waals surface area contributed by atoms with Crippen molar-refractivity contribution in [2.24, 2.45) is 0 Å². The van der Waals surface area contributed by atoms with Crippen molar-refractivity contribution < 1.29 is 64.3 Å². The Kier molecular flexibility index (Phi) is 13.7. The fourth-order valence-corrected chi connectivity index (χ4v) is 0.277. The first kappa shape index (κ1) is 14.2. The molecule has 1 aromatic rings. The van der Waals surface area contributed by atoms with Crippen LogP contribution in [0.1, 0.15) is 0 Å². The van der Waals surface area contributed by atoms with E-state index in [9.17, 15) is 12.9 Å². The molecule has 0 saturated carbocycles. The summed E-state index contributed by atoms with van der Waals surface area (Å²) in [5.41, 5.74) is 0. The average molecular weight is 185 g/mol. The standard InChI is InChI=1S/C5H4N.BF3.K/c1-2-4-6-5-3-1;2-1(3)4;/h1-2,4-5H;;/q-1;;+1. The van der Waals surface area contributed by atoms with E-state index in [1.165, 1.54) is 0 Å². The smallest absolute Gasteiger partial charge is 0.304 e. The summed E-state index contributed by atoms with van der Waals surface area (Å²) in [5.74, 6) is 0. The summed E-state index contributed by atoms with van der Waals surface area (Å²) in [4.78, 5) is 3.73. The average Bonchev–Trinajstić information content (AvgIpc) is 1.90. The molecule has 0 N–H and O–H groups in total. The summed E-state index contributed by atoms with van der Waals surface area (Å²) in [6.07, 6.45) is 3.34. The molecule has 0 amide bonds. The minimum atomic E-state index is -3.67. The van der Waals surface area contributed by atoms with Crippen LogP contribution >= 0.6 is 0 Å². The molecule has 0 bridgehead atoms. The Morgan fingerprint density at radius 2 is 1.82 bits per heavy atom. The van der Waals surface area contributed by atoms with Crippen LogP contribution in [0.2, 0.25) is 0 Å². The molecule has 0 saturated heterocycles. The molecule has 11 heavy (non-hydrogen) atoms. The van der Waals surface area contributed by atoms with E-state index in [1.54, 1.807) is 12.4 Å². The molecule has 6 heteroatoms. The zero-order valence-corrected chi connectivity index (χ0v) is 9.09. The van der Waals surface area contributed by atoms with Crippen molar-refractivity contribution >= 4 is 7.54 Å². The van der Waals surface area contributed by atoms with Gasteiger partial charge in [-0.05, 0) is 0 Å². The van der Waals surface area contributed by atoms with Crippen molar-refractivity contribution in [2.75, 3.05) is 0 Å². The molecule has 1 nitrogen and oxygen atoms in total. The predicted octanol–water partition coefficient (Wildman–Crippen LogP) is -1.23. The quantitative estimate of drug-likeness (QED) is 0.364. The fourth-order valence-electron chi connectivity index (χ4n) is 0.277. The molecule has 1 aromatic heterocycles. The van der Waals surface area contributed by atoms with Gasteiger partial charge >= 0.3 is 58.9 Å². The summed E-state index contributed by atoms with van der Waals surface area (Å²) in [7, 11) is -3.67. The molecule has 0 aromatic carbocycles. The molecule has 0 unspecified atom stereocenters. The minimum absolute atomic E-state index is 0. The third-order valence-electron chi connectivity index (χ3n) is 0.514. The molecular weight excluding hydrogens is 181 g/mol. The molecule has 0 atom stereocenters. The second kappa shape index (κ2) is 10.6.